The van der Waals surface area contributed by atoms with Gasteiger partial charge in [-0.2, -0.15) is 0 Å². The minimum atomic E-state index is 0.325. The number of benzene rings is 1. The third kappa shape index (κ3) is 2.91. The molecule has 0 aliphatic heterocycles. The van der Waals surface area contributed by atoms with Gasteiger partial charge >= 0.3 is 0 Å². The van der Waals surface area contributed by atoms with E-state index in [2.05, 4.69) is 12.2 Å². The minimum absolute atomic E-state index is 0.325. The maximum atomic E-state index is 6.52. The van der Waals surface area contributed by atoms with Crippen molar-refractivity contribution < 1.29 is 4.74 Å². The molecule has 2 nitrogen and oxygen atoms in total. The molecule has 116 valence electrons. The Morgan fingerprint density at radius 1 is 1.19 bits per heavy atom. The Morgan fingerprint density at radius 3 is 2.52 bits per heavy atom. The Hall–Kier alpha value is -0.440. The number of hydrogen-bond acceptors (Lipinski definition) is 2. The first kappa shape index (κ1) is 15.5. The van der Waals surface area contributed by atoms with Crippen LogP contribution in [-0.4, -0.2) is 13.2 Å². The number of ether oxygens (including phenoxy) is 1. The normalized spacial score (nSPS) is 28.3. The predicted octanol–water partition coefficient (Wildman–Crippen LogP) is 5.09. The molecule has 0 spiro atoms. The van der Waals surface area contributed by atoms with Crippen molar-refractivity contribution in [3.63, 3.8) is 0 Å². The lowest BCUT2D eigenvalue weighted by Crippen LogP contribution is -2.24. The molecule has 0 amide bonds. The maximum Gasteiger partial charge on any atom is 0.139 e. The molecule has 4 heteroatoms. The van der Waals surface area contributed by atoms with Crippen LogP contribution >= 0.6 is 23.2 Å². The largest absolute Gasteiger partial charge is 0.492 e. The molecule has 2 fully saturated rings. The first-order chi connectivity index (χ1) is 10.2. The van der Waals surface area contributed by atoms with Crippen LogP contribution in [-0.2, 0) is 0 Å². The van der Waals surface area contributed by atoms with Crippen molar-refractivity contribution in [2.45, 2.75) is 39.2 Å². The van der Waals surface area contributed by atoms with Gasteiger partial charge in [0.15, 0.2) is 0 Å². The molecule has 1 N–H and O–H groups in total. The first-order valence-corrected chi connectivity index (χ1v) is 8.78. The quantitative estimate of drug-likeness (QED) is 0.785. The van der Waals surface area contributed by atoms with Crippen molar-refractivity contribution in [1.82, 2.24) is 5.32 Å². The monoisotopic (exact) mass is 327 g/mol. The standard InChI is InChI=1S/C17H23Cl2NO/c1-3-20-17(16-10-6-5-7-11(10)16)12-8-14(19)15(21-4-2)9-13(12)18/h8-11,16-17,20H,3-7H2,1-2H3. The van der Waals surface area contributed by atoms with Crippen molar-refractivity contribution >= 4 is 23.2 Å². The van der Waals surface area contributed by atoms with E-state index in [4.69, 9.17) is 27.9 Å². The van der Waals surface area contributed by atoms with Gasteiger partial charge < -0.3 is 10.1 Å². The second-order valence-electron chi connectivity index (χ2n) is 6.11. The van der Waals surface area contributed by atoms with Crippen molar-refractivity contribution in [2.75, 3.05) is 13.2 Å². The summed E-state index contributed by atoms with van der Waals surface area (Å²) in [7, 11) is 0. The van der Waals surface area contributed by atoms with Crippen LogP contribution in [0.25, 0.3) is 0 Å². The highest BCUT2D eigenvalue weighted by molar-refractivity contribution is 6.34. The minimum Gasteiger partial charge on any atom is -0.492 e. The predicted molar refractivity (Wildman–Crippen MR) is 88.4 cm³/mol. The second-order valence-corrected chi connectivity index (χ2v) is 6.92. The fraction of sp³-hybridized carbons (Fsp3) is 0.647. The Labute approximate surface area is 137 Å². The maximum absolute atomic E-state index is 6.52. The van der Waals surface area contributed by atoms with E-state index in [1.165, 1.54) is 19.3 Å². The van der Waals surface area contributed by atoms with Crippen molar-refractivity contribution in [1.29, 1.82) is 0 Å². The zero-order valence-electron chi connectivity index (χ0n) is 12.7. The fourth-order valence-corrected chi connectivity index (χ4v) is 4.59. The average molecular weight is 328 g/mol. The van der Waals surface area contributed by atoms with Gasteiger partial charge in [0.1, 0.15) is 5.75 Å². The molecule has 0 heterocycles. The van der Waals surface area contributed by atoms with Crippen molar-refractivity contribution in [2.24, 2.45) is 17.8 Å². The topological polar surface area (TPSA) is 21.3 Å². The van der Waals surface area contributed by atoms with Crippen LogP contribution < -0.4 is 10.1 Å². The number of halogens is 2. The Balaban J connectivity index is 1.87. The highest BCUT2D eigenvalue weighted by atomic mass is 35.5. The molecule has 21 heavy (non-hydrogen) atoms. The summed E-state index contributed by atoms with van der Waals surface area (Å²) in [6.07, 6.45) is 4.14. The highest BCUT2D eigenvalue weighted by Gasteiger charge is 2.56. The van der Waals surface area contributed by atoms with Crippen molar-refractivity contribution in [3.05, 3.63) is 27.7 Å². The molecule has 2 aliphatic rings. The van der Waals surface area contributed by atoms with E-state index in [1.54, 1.807) is 0 Å². The molecule has 3 unspecified atom stereocenters. The molecule has 0 radical (unpaired) electrons. The number of nitrogens with one attached hydrogen (secondary N) is 1. The molecular formula is C17H23Cl2NO. The summed E-state index contributed by atoms with van der Waals surface area (Å²) in [5.41, 5.74) is 1.13. The lowest BCUT2D eigenvalue weighted by Gasteiger charge is -2.22. The molecule has 1 aromatic rings. The average Bonchev–Trinajstić information content (AvgIpc) is 2.92. The molecule has 0 bridgehead atoms. The van der Waals surface area contributed by atoms with Gasteiger partial charge in [0.05, 0.1) is 11.6 Å². The third-order valence-electron chi connectivity index (χ3n) is 4.97. The van der Waals surface area contributed by atoms with Crippen LogP contribution in [0, 0.1) is 17.8 Å². The Bertz CT molecular complexity index is 510. The highest BCUT2D eigenvalue weighted by Crippen LogP contribution is 2.62. The van der Waals surface area contributed by atoms with E-state index in [9.17, 15) is 0 Å². The van der Waals surface area contributed by atoms with Crippen LogP contribution in [0.15, 0.2) is 12.1 Å². The fourth-order valence-electron chi connectivity index (χ4n) is 4.09. The van der Waals surface area contributed by atoms with Gasteiger partial charge in [-0.15, -0.1) is 0 Å². The van der Waals surface area contributed by atoms with Gasteiger partial charge in [-0.1, -0.05) is 36.5 Å². The van der Waals surface area contributed by atoms with E-state index < -0.39 is 0 Å². The summed E-state index contributed by atoms with van der Waals surface area (Å²) >= 11 is 12.9. The van der Waals surface area contributed by atoms with Gasteiger partial charge in [0.2, 0.25) is 0 Å². The van der Waals surface area contributed by atoms with Gasteiger partial charge in [-0.25, -0.2) is 0 Å². The molecule has 0 aromatic heterocycles. The summed E-state index contributed by atoms with van der Waals surface area (Å²) in [6, 6.07) is 4.19. The summed E-state index contributed by atoms with van der Waals surface area (Å²) in [4.78, 5) is 0. The summed E-state index contributed by atoms with van der Waals surface area (Å²) in [5.74, 6) is 3.18. The first-order valence-electron chi connectivity index (χ1n) is 8.02. The van der Waals surface area contributed by atoms with E-state index in [0.29, 0.717) is 23.4 Å². The molecule has 2 aliphatic carbocycles. The zero-order valence-corrected chi connectivity index (χ0v) is 14.2. The van der Waals surface area contributed by atoms with E-state index in [1.807, 2.05) is 19.1 Å². The summed E-state index contributed by atoms with van der Waals surface area (Å²) in [5, 5.41) is 5.05. The Kier molecular flexibility index (Phi) is 4.68. The van der Waals surface area contributed by atoms with Crippen LogP contribution in [0.5, 0.6) is 5.75 Å². The molecule has 3 rings (SSSR count). The van der Waals surface area contributed by atoms with Crippen LogP contribution in [0.2, 0.25) is 10.0 Å². The number of fused-ring (bicyclic) bond motifs is 1. The molecule has 3 atom stereocenters. The second kappa shape index (κ2) is 6.36. The van der Waals surface area contributed by atoms with Gasteiger partial charge in [0.25, 0.3) is 0 Å². The third-order valence-corrected chi connectivity index (χ3v) is 5.59. The van der Waals surface area contributed by atoms with Gasteiger partial charge in [-0.05, 0) is 55.7 Å². The lowest BCUT2D eigenvalue weighted by atomic mass is 9.96. The van der Waals surface area contributed by atoms with E-state index in [0.717, 1.165) is 34.9 Å². The Morgan fingerprint density at radius 2 is 1.90 bits per heavy atom. The van der Waals surface area contributed by atoms with Gasteiger partial charge in [0, 0.05) is 17.1 Å². The van der Waals surface area contributed by atoms with E-state index in [-0.39, 0.29) is 0 Å². The summed E-state index contributed by atoms with van der Waals surface area (Å²) < 4.78 is 5.53. The SMILES string of the molecule is CCNC(c1cc(Cl)c(OCC)cc1Cl)C1C2CCCC21. The molecule has 1 aromatic carbocycles. The molecule has 0 saturated heterocycles. The summed E-state index contributed by atoms with van der Waals surface area (Å²) in [6.45, 7) is 5.64. The lowest BCUT2D eigenvalue weighted by molar-refractivity contribution is 0.340. The van der Waals surface area contributed by atoms with Crippen LogP contribution in [0.4, 0.5) is 0 Å². The van der Waals surface area contributed by atoms with Crippen molar-refractivity contribution in [3.8, 4) is 5.75 Å². The number of hydrogen-bond donors (Lipinski definition) is 1. The van der Waals surface area contributed by atoms with E-state index >= 15 is 0 Å². The van der Waals surface area contributed by atoms with Crippen LogP contribution in [0.3, 0.4) is 0 Å². The van der Waals surface area contributed by atoms with Gasteiger partial charge in [-0.3, -0.25) is 0 Å². The zero-order chi connectivity index (χ0) is 15.0. The molecular weight excluding hydrogens is 305 g/mol. The number of rotatable bonds is 6. The van der Waals surface area contributed by atoms with Crippen LogP contribution in [0.1, 0.15) is 44.7 Å². The molecule has 2 saturated carbocycles. The smallest absolute Gasteiger partial charge is 0.139 e.